The zero-order valence-electron chi connectivity index (χ0n) is 28.1. The first-order chi connectivity index (χ1) is 21.7. The van der Waals surface area contributed by atoms with Crippen LogP contribution in [-0.4, -0.2) is 75.3 Å². The quantitative estimate of drug-likeness (QED) is 0.104. The van der Waals surface area contributed by atoms with Crippen molar-refractivity contribution in [2.75, 3.05) is 34.2 Å². The van der Waals surface area contributed by atoms with Gasteiger partial charge in [0.15, 0.2) is 5.78 Å². The molecule has 0 bridgehead atoms. The minimum atomic E-state index is -0.313. The number of carbonyl (C=O) groups is 5. The van der Waals surface area contributed by atoms with Crippen molar-refractivity contribution in [1.29, 1.82) is 0 Å². The molecule has 0 radical (unpaired) electrons. The van der Waals surface area contributed by atoms with Gasteiger partial charge < -0.3 is 26.1 Å². The van der Waals surface area contributed by atoms with Crippen LogP contribution in [0.3, 0.4) is 0 Å². The maximum absolute atomic E-state index is 12.2. The number of amides is 2. The number of unbranched alkanes of at least 4 members (excludes halogenated alkanes) is 4. The van der Waals surface area contributed by atoms with E-state index >= 15 is 0 Å². The van der Waals surface area contributed by atoms with Crippen LogP contribution >= 0.6 is 0 Å². The Labute approximate surface area is 270 Å². The molecule has 1 unspecified atom stereocenters. The van der Waals surface area contributed by atoms with Gasteiger partial charge in [0, 0.05) is 43.1 Å². The summed E-state index contributed by atoms with van der Waals surface area (Å²) in [7, 11) is 5.16. The van der Waals surface area contributed by atoms with E-state index in [4.69, 9.17) is 0 Å². The molecule has 0 aromatic heterocycles. The van der Waals surface area contributed by atoms with Crippen LogP contribution in [0.5, 0.6) is 0 Å². The predicted molar refractivity (Wildman–Crippen MR) is 182 cm³/mol. The van der Waals surface area contributed by atoms with Gasteiger partial charge in [0.05, 0.1) is 6.04 Å². The Balaban J connectivity index is 0.000000904. The van der Waals surface area contributed by atoms with Crippen molar-refractivity contribution in [3.05, 3.63) is 71.3 Å². The molecule has 2 amide bonds. The van der Waals surface area contributed by atoms with E-state index < -0.39 is 0 Å². The van der Waals surface area contributed by atoms with E-state index in [0.717, 1.165) is 70.5 Å². The zero-order valence-corrected chi connectivity index (χ0v) is 28.1. The van der Waals surface area contributed by atoms with Gasteiger partial charge in [0.2, 0.25) is 11.8 Å². The van der Waals surface area contributed by atoms with Crippen molar-refractivity contribution in [2.45, 2.75) is 84.1 Å². The number of rotatable bonds is 20. The van der Waals surface area contributed by atoms with E-state index in [2.05, 4.69) is 30.2 Å². The summed E-state index contributed by atoms with van der Waals surface area (Å²) in [6.07, 6.45) is 10.1. The molecule has 0 saturated heterocycles. The van der Waals surface area contributed by atoms with Gasteiger partial charge >= 0.3 is 0 Å². The van der Waals surface area contributed by atoms with Crippen LogP contribution in [0.2, 0.25) is 0 Å². The molecule has 0 heterocycles. The molecule has 0 aliphatic heterocycles. The molecule has 0 spiro atoms. The fourth-order valence-corrected chi connectivity index (χ4v) is 4.35. The molecule has 2 aromatic rings. The monoisotopic (exact) mass is 624 g/mol. The number of benzene rings is 2. The standard InChI is InChI=1S/C21H41N3O3.C14H10O2.CH5N/c1-18(2)13-14-19(17-25)24(4)21(27)12-8-6-10-16-23-20(26)11-7-5-9-15-22-3;15-10-11-6-8-13(9-7-11)14(16)12-4-2-1-3-5-12;1-2/h17-19,22H,5-16H2,1-4H3,(H,23,26);1-10H;2H2,1H3. The number of nitrogens with one attached hydrogen (secondary N) is 2. The molecule has 45 heavy (non-hydrogen) atoms. The SMILES string of the molecule is CN.CNCCCCCC(=O)NCCCCCC(=O)N(C)C(C=O)CCC(C)C.O=Cc1ccc(C(=O)c2ccccc2)cc1. The summed E-state index contributed by atoms with van der Waals surface area (Å²) in [6, 6.07) is 15.4. The smallest absolute Gasteiger partial charge is 0.222 e. The van der Waals surface area contributed by atoms with Gasteiger partial charge in [-0.2, -0.15) is 0 Å². The molecular weight excluding hydrogens is 568 g/mol. The Morgan fingerprint density at radius 2 is 1.36 bits per heavy atom. The molecular formula is C36H56N4O5. The molecule has 9 heteroatoms. The Bertz CT molecular complexity index is 1090. The van der Waals surface area contributed by atoms with Gasteiger partial charge in [-0.15, -0.1) is 0 Å². The lowest BCUT2D eigenvalue weighted by Gasteiger charge is -2.24. The summed E-state index contributed by atoms with van der Waals surface area (Å²) in [6.45, 7) is 5.91. The second-order valence-corrected chi connectivity index (χ2v) is 11.2. The Morgan fingerprint density at radius 1 is 0.778 bits per heavy atom. The topological polar surface area (TPSA) is 139 Å². The van der Waals surface area contributed by atoms with E-state index in [1.165, 1.54) is 7.05 Å². The third-order valence-electron chi connectivity index (χ3n) is 7.15. The lowest BCUT2D eigenvalue weighted by Crippen LogP contribution is -2.38. The van der Waals surface area contributed by atoms with Gasteiger partial charge in [-0.25, -0.2) is 0 Å². The fourth-order valence-electron chi connectivity index (χ4n) is 4.35. The lowest BCUT2D eigenvalue weighted by molar-refractivity contribution is -0.135. The molecule has 1 atom stereocenters. The highest BCUT2D eigenvalue weighted by Crippen LogP contribution is 2.12. The van der Waals surface area contributed by atoms with Crippen molar-refractivity contribution < 1.29 is 24.0 Å². The minimum absolute atomic E-state index is 0.0291. The van der Waals surface area contributed by atoms with Crippen LogP contribution < -0.4 is 16.4 Å². The second-order valence-electron chi connectivity index (χ2n) is 11.2. The van der Waals surface area contributed by atoms with Crippen LogP contribution in [0.1, 0.15) is 104 Å². The van der Waals surface area contributed by atoms with Gasteiger partial charge in [-0.3, -0.25) is 19.2 Å². The molecule has 4 N–H and O–H groups in total. The molecule has 0 fully saturated rings. The van der Waals surface area contributed by atoms with Gasteiger partial charge in [0.25, 0.3) is 0 Å². The van der Waals surface area contributed by atoms with Crippen LogP contribution in [0.4, 0.5) is 0 Å². The van der Waals surface area contributed by atoms with Crippen LogP contribution in [0.25, 0.3) is 0 Å². The summed E-state index contributed by atoms with van der Waals surface area (Å²) in [5, 5.41) is 6.04. The number of ketones is 1. The van der Waals surface area contributed by atoms with Crippen molar-refractivity contribution in [1.82, 2.24) is 15.5 Å². The van der Waals surface area contributed by atoms with Crippen LogP contribution in [0, 0.1) is 5.92 Å². The number of carbonyl (C=O) groups excluding carboxylic acids is 5. The summed E-state index contributed by atoms with van der Waals surface area (Å²) in [5.74, 6) is 0.647. The third-order valence-corrected chi connectivity index (χ3v) is 7.15. The van der Waals surface area contributed by atoms with E-state index in [1.807, 2.05) is 25.2 Å². The fraction of sp³-hybridized carbons (Fsp3) is 0.528. The summed E-state index contributed by atoms with van der Waals surface area (Å²) in [5.41, 5.74) is 6.32. The molecule has 250 valence electrons. The molecule has 0 saturated carbocycles. The largest absolute Gasteiger partial charge is 0.356 e. The first kappa shape index (κ1) is 41.3. The van der Waals surface area contributed by atoms with E-state index in [1.54, 1.807) is 48.3 Å². The highest BCUT2D eigenvalue weighted by atomic mass is 16.2. The maximum Gasteiger partial charge on any atom is 0.222 e. The summed E-state index contributed by atoms with van der Waals surface area (Å²) < 4.78 is 0. The molecule has 0 aliphatic carbocycles. The van der Waals surface area contributed by atoms with Gasteiger partial charge in [0.1, 0.15) is 12.6 Å². The Morgan fingerprint density at radius 3 is 1.91 bits per heavy atom. The highest BCUT2D eigenvalue weighted by Gasteiger charge is 2.19. The third kappa shape index (κ3) is 19.3. The van der Waals surface area contributed by atoms with Gasteiger partial charge in [-0.1, -0.05) is 81.3 Å². The highest BCUT2D eigenvalue weighted by molar-refractivity contribution is 6.09. The average Bonchev–Trinajstić information content (AvgIpc) is 3.07. The maximum atomic E-state index is 12.2. The van der Waals surface area contributed by atoms with E-state index in [9.17, 15) is 24.0 Å². The number of hydrogen-bond donors (Lipinski definition) is 3. The van der Waals surface area contributed by atoms with Crippen molar-refractivity contribution in [3.8, 4) is 0 Å². The average molecular weight is 625 g/mol. The molecule has 0 aliphatic rings. The minimum Gasteiger partial charge on any atom is -0.356 e. The molecule has 2 rings (SSSR count). The number of likely N-dealkylation sites (N-methyl/N-ethyl adjacent to an activating group) is 1. The number of nitrogens with two attached hydrogens (primary N) is 1. The lowest BCUT2D eigenvalue weighted by atomic mass is 10.0. The van der Waals surface area contributed by atoms with Gasteiger partial charge in [-0.05, 0) is 65.1 Å². The summed E-state index contributed by atoms with van der Waals surface area (Å²) >= 11 is 0. The van der Waals surface area contributed by atoms with Crippen molar-refractivity contribution in [2.24, 2.45) is 11.7 Å². The van der Waals surface area contributed by atoms with E-state index in [0.29, 0.717) is 42.0 Å². The Kier molecular flexibility index (Phi) is 24.5. The number of nitrogens with zero attached hydrogens (tertiary/aromatic N) is 1. The van der Waals surface area contributed by atoms with Crippen molar-refractivity contribution >= 4 is 30.2 Å². The first-order valence-electron chi connectivity index (χ1n) is 16.1. The first-order valence-corrected chi connectivity index (χ1v) is 16.1. The molecule has 2 aromatic carbocycles. The number of aldehydes is 2. The Hall–Kier alpha value is -3.69. The zero-order chi connectivity index (χ0) is 33.9. The predicted octanol–water partition coefficient (Wildman–Crippen LogP) is 5.21. The normalized spacial score (nSPS) is 10.8. The van der Waals surface area contributed by atoms with Crippen molar-refractivity contribution in [3.63, 3.8) is 0 Å². The van der Waals surface area contributed by atoms with Crippen LogP contribution in [0.15, 0.2) is 54.6 Å². The van der Waals surface area contributed by atoms with Crippen LogP contribution in [-0.2, 0) is 14.4 Å². The number of hydrogen-bond acceptors (Lipinski definition) is 7. The second kappa shape index (κ2) is 26.7. The molecule has 9 nitrogen and oxygen atoms in total. The summed E-state index contributed by atoms with van der Waals surface area (Å²) in [4.78, 5) is 59.2. The van der Waals surface area contributed by atoms with E-state index in [-0.39, 0.29) is 23.6 Å².